The van der Waals surface area contributed by atoms with Gasteiger partial charge in [-0.05, 0) is 35.7 Å². The molecule has 0 saturated heterocycles. The third-order valence-corrected chi connectivity index (χ3v) is 5.57. The summed E-state index contributed by atoms with van der Waals surface area (Å²) in [6.07, 6.45) is 1.65. The van der Waals surface area contributed by atoms with E-state index in [1.165, 1.54) is 6.07 Å². The van der Waals surface area contributed by atoms with E-state index < -0.39 is 6.23 Å². The van der Waals surface area contributed by atoms with Crippen LogP contribution >= 0.6 is 11.3 Å². The van der Waals surface area contributed by atoms with E-state index in [4.69, 9.17) is 4.74 Å². The van der Waals surface area contributed by atoms with Gasteiger partial charge in [-0.1, -0.05) is 24.3 Å². The number of rotatable bonds is 2. The zero-order valence-corrected chi connectivity index (χ0v) is 14.5. The van der Waals surface area contributed by atoms with Crippen molar-refractivity contribution in [3.8, 4) is 17.2 Å². The van der Waals surface area contributed by atoms with Gasteiger partial charge in [0, 0.05) is 11.6 Å². The van der Waals surface area contributed by atoms with Gasteiger partial charge in [-0.3, -0.25) is 0 Å². The number of hydrazine groups is 1. The minimum atomic E-state index is -0.524. The van der Waals surface area contributed by atoms with Gasteiger partial charge < -0.3 is 20.4 Å². The van der Waals surface area contributed by atoms with Crippen molar-refractivity contribution < 1.29 is 14.9 Å². The van der Waals surface area contributed by atoms with Crippen LogP contribution < -0.4 is 10.2 Å². The molecular weight excluding hydrogens is 348 g/mol. The number of para-hydroxylation sites is 1. The first-order valence-electron chi connectivity index (χ1n) is 8.29. The van der Waals surface area contributed by atoms with Gasteiger partial charge in [0.15, 0.2) is 6.23 Å². The smallest absolute Gasteiger partial charge is 0.199 e. The SMILES string of the molecule is Oc1ccc([C@@H]2Oc3ccccc3[C@H]3C=C(c4cccs4)NN32)c(O)c1. The van der Waals surface area contributed by atoms with Crippen molar-refractivity contribution in [3.05, 3.63) is 82.1 Å². The Kier molecular flexibility index (Phi) is 3.41. The van der Waals surface area contributed by atoms with Crippen LogP contribution in [0.3, 0.4) is 0 Å². The molecule has 0 saturated carbocycles. The number of benzene rings is 2. The van der Waals surface area contributed by atoms with Crippen LogP contribution in [0.25, 0.3) is 5.70 Å². The first-order valence-corrected chi connectivity index (χ1v) is 9.17. The molecule has 3 aromatic rings. The molecule has 130 valence electrons. The topological polar surface area (TPSA) is 65.0 Å². The summed E-state index contributed by atoms with van der Waals surface area (Å²) in [7, 11) is 0. The Balaban J connectivity index is 1.61. The summed E-state index contributed by atoms with van der Waals surface area (Å²) in [5.41, 5.74) is 6.12. The fraction of sp³-hybridized carbons (Fsp3) is 0.100. The minimum Gasteiger partial charge on any atom is -0.508 e. The fourth-order valence-electron chi connectivity index (χ4n) is 3.46. The molecular formula is C20H16N2O3S. The summed E-state index contributed by atoms with van der Waals surface area (Å²) in [5, 5.41) is 24.0. The van der Waals surface area contributed by atoms with Crippen LogP contribution in [0, 0.1) is 0 Å². The van der Waals surface area contributed by atoms with Gasteiger partial charge in [0.2, 0.25) is 0 Å². The first-order chi connectivity index (χ1) is 12.7. The summed E-state index contributed by atoms with van der Waals surface area (Å²) in [6, 6.07) is 16.6. The van der Waals surface area contributed by atoms with Crippen LogP contribution in [0.4, 0.5) is 0 Å². The van der Waals surface area contributed by atoms with E-state index in [1.807, 2.05) is 34.7 Å². The molecule has 0 amide bonds. The van der Waals surface area contributed by atoms with Gasteiger partial charge in [0.1, 0.15) is 17.2 Å². The Bertz CT molecular complexity index is 1000. The lowest BCUT2D eigenvalue weighted by Crippen LogP contribution is -2.43. The molecule has 0 unspecified atom stereocenters. The number of phenols is 2. The highest BCUT2D eigenvalue weighted by molar-refractivity contribution is 7.11. The molecule has 1 aromatic heterocycles. The van der Waals surface area contributed by atoms with Gasteiger partial charge in [-0.25, -0.2) is 0 Å². The van der Waals surface area contributed by atoms with Crippen LogP contribution in [0.15, 0.2) is 66.1 Å². The average Bonchev–Trinajstić information content (AvgIpc) is 3.31. The average molecular weight is 364 g/mol. The summed E-state index contributed by atoms with van der Waals surface area (Å²) in [4.78, 5) is 1.14. The number of ether oxygens (including phenoxy) is 1. The Morgan fingerprint density at radius 2 is 1.88 bits per heavy atom. The number of thiophene rings is 1. The third kappa shape index (κ3) is 2.34. The highest BCUT2D eigenvalue weighted by atomic mass is 32.1. The van der Waals surface area contributed by atoms with Crippen molar-refractivity contribution in [1.29, 1.82) is 0 Å². The van der Waals surface area contributed by atoms with Crippen LogP contribution in [-0.2, 0) is 0 Å². The number of phenolic OH excluding ortho intramolecular Hbond substituents is 2. The van der Waals surface area contributed by atoms with Crippen molar-refractivity contribution in [2.24, 2.45) is 0 Å². The zero-order chi connectivity index (χ0) is 17.7. The van der Waals surface area contributed by atoms with Gasteiger partial charge >= 0.3 is 0 Å². The van der Waals surface area contributed by atoms with Crippen molar-refractivity contribution >= 4 is 17.0 Å². The molecule has 0 fully saturated rings. The highest BCUT2D eigenvalue weighted by Gasteiger charge is 2.41. The quantitative estimate of drug-likeness (QED) is 0.637. The van der Waals surface area contributed by atoms with E-state index in [-0.39, 0.29) is 17.5 Å². The van der Waals surface area contributed by atoms with Crippen molar-refractivity contribution in [3.63, 3.8) is 0 Å². The van der Waals surface area contributed by atoms with Crippen LogP contribution in [0.2, 0.25) is 0 Å². The molecule has 5 nitrogen and oxygen atoms in total. The maximum atomic E-state index is 10.4. The van der Waals surface area contributed by atoms with Crippen molar-refractivity contribution in [2.45, 2.75) is 12.3 Å². The summed E-state index contributed by atoms with van der Waals surface area (Å²) >= 11 is 1.67. The van der Waals surface area contributed by atoms with Gasteiger partial charge in [-0.15, -0.1) is 11.3 Å². The lowest BCUT2D eigenvalue weighted by Gasteiger charge is -2.39. The molecule has 6 heteroatoms. The Morgan fingerprint density at radius 3 is 2.69 bits per heavy atom. The van der Waals surface area contributed by atoms with E-state index in [9.17, 15) is 10.2 Å². The fourth-order valence-corrected chi connectivity index (χ4v) is 4.16. The molecule has 5 rings (SSSR count). The normalized spacial score (nSPS) is 21.3. The molecule has 2 atom stereocenters. The van der Waals surface area contributed by atoms with Crippen molar-refractivity contribution in [1.82, 2.24) is 10.4 Å². The monoisotopic (exact) mass is 364 g/mol. The van der Waals surface area contributed by atoms with E-state index >= 15 is 0 Å². The molecule has 0 radical (unpaired) electrons. The second-order valence-electron chi connectivity index (χ2n) is 6.27. The molecule has 3 N–H and O–H groups in total. The predicted octanol–water partition coefficient (Wildman–Crippen LogP) is 4.15. The number of nitrogens with zero attached hydrogens (tertiary/aromatic N) is 1. The molecule has 0 spiro atoms. The summed E-state index contributed by atoms with van der Waals surface area (Å²) in [6.45, 7) is 0. The largest absolute Gasteiger partial charge is 0.508 e. The van der Waals surface area contributed by atoms with Gasteiger partial charge in [0.25, 0.3) is 0 Å². The van der Waals surface area contributed by atoms with Gasteiger partial charge in [-0.2, -0.15) is 5.01 Å². The number of fused-ring (bicyclic) bond motifs is 3. The molecule has 0 aliphatic carbocycles. The Hall–Kier alpha value is -2.96. The molecule has 3 heterocycles. The number of hydrogen-bond donors (Lipinski definition) is 3. The predicted molar refractivity (Wildman–Crippen MR) is 99.6 cm³/mol. The summed E-state index contributed by atoms with van der Waals surface area (Å²) < 4.78 is 6.21. The molecule has 0 bridgehead atoms. The third-order valence-electron chi connectivity index (χ3n) is 4.67. The Labute approximate surface area is 154 Å². The Morgan fingerprint density at radius 1 is 1.00 bits per heavy atom. The van der Waals surface area contributed by atoms with Crippen LogP contribution in [0.1, 0.15) is 28.3 Å². The van der Waals surface area contributed by atoms with Crippen molar-refractivity contribution in [2.75, 3.05) is 0 Å². The number of hydrogen-bond acceptors (Lipinski definition) is 6. The van der Waals surface area contributed by atoms with Crippen LogP contribution in [0.5, 0.6) is 17.2 Å². The maximum Gasteiger partial charge on any atom is 0.199 e. The van der Waals surface area contributed by atoms with Crippen LogP contribution in [-0.4, -0.2) is 15.2 Å². The standard InChI is InChI=1S/C20H16N2O3S/c23-12-7-8-14(17(24)10-12)20-22-16(13-4-1-2-5-18(13)25-20)11-15(21-22)19-6-3-9-26-19/h1-11,16,20-21,23-24H/t16-,20+/m1/s1. The maximum absolute atomic E-state index is 10.4. The van der Waals surface area contributed by atoms with E-state index in [1.54, 1.807) is 23.5 Å². The second kappa shape index (κ2) is 5.79. The first kappa shape index (κ1) is 15.3. The second-order valence-corrected chi connectivity index (χ2v) is 7.22. The lowest BCUT2D eigenvalue weighted by molar-refractivity contribution is -0.0338. The number of aromatic hydroxyl groups is 2. The number of nitrogens with one attached hydrogen (secondary N) is 1. The van der Waals surface area contributed by atoms with Gasteiger partial charge in [0.05, 0.1) is 22.2 Å². The molecule has 2 aromatic carbocycles. The lowest BCUT2D eigenvalue weighted by atomic mass is 10.0. The van der Waals surface area contributed by atoms with E-state index in [2.05, 4.69) is 23.6 Å². The van der Waals surface area contributed by atoms with E-state index in [0.29, 0.717) is 5.56 Å². The molecule has 2 aliphatic heterocycles. The van der Waals surface area contributed by atoms with E-state index in [0.717, 1.165) is 21.9 Å². The molecule has 2 aliphatic rings. The zero-order valence-electron chi connectivity index (χ0n) is 13.7. The highest BCUT2D eigenvalue weighted by Crippen LogP contribution is 2.47. The molecule has 26 heavy (non-hydrogen) atoms. The minimum absolute atomic E-state index is 0.000459. The summed E-state index contributed by atoms with van der Waals surface area (Å²) in [5.74, 6) is 0.807.